The molecule has 0 amide bonds. The van der Waals surface area contributed by atoms with Crippen molar-refractivity contribution in [2.45, 2.75) is 0 Å². The Balaban J connectivity index is 2.31. The molecule has 0 spiro atoms. The number of azide groups is 1. The van der Waals surface area contributed by atoms with Crippen molar-refractivity contribution in [1.82, 2.24) is 0 Å². The van der Waals surface area contributed by atoms with E-state index in [1.54, 1.807) is 0 Å². The van der Waals surface area contributed by atoms with E-state index >= 15 is 0 Å². The number of rotatable bonds is 1. The summed E-state index contributed by atoms with van der Waals surface area (Å²) in [4.78, 5) is 2.64. The van der Waals surface area contributed by atoms with Gasteiger partial charge in [0.2, 0.25) is 0 Å². The van der Waals surface area contributed by atoms with Gasteiger partial charge in [0.25, 0.3) is 0 Å². The summed E-state index contributed by atoms with van der Waals surface area (Å²) in [6, 6.07) is 14.1. The number of hydrogen-bond donors (Lipinski definition) is 0. The molecule has 0 atom stereocenters. The first kappa shape index (κ1) is 10.1. The second-order valence-corrected chi connectivity index (χ2v) is 3.25. The maximum atomic E-state index is 8.10. The molecule has 0 unspecified atom stereocenters. The normalized spacial score (nSPS) is 9.00. The summed E-state index contributed by atoms with van der Waals surface area (Å²) < 4.78 is 0. The molecule has 3 nitrogen and oxygen atoms in total. The fraction of sp³-hybridized carbons (Fsp3) is 0.0769. The maximum Gasteiger partial charge on any atom is 0.0880 e. The lowest BCUT2D eigenvalue weighted by atomic mass is 10.1. The zero-order valence-electron chi connectivity index (χ0n) is 8.59. The third kappa shape index (κ3) is 2.33. The van der Waals surface area contributed by atoms with Crippen LogP contribution >= 0.6 is 0 Å². The minimum Gasteiger partial charge on any atom is -0.0919 e. The van der Waals surface area contributed by atoms with Crippen LogP contribution in [0, 0.1) is 11.8 Å². The average Bonchev–Trinajstić information content (AvgIpc) is 2.34. The van der Waals surface area contributed by atoms with Gasteiger partial charge in [0.15, 0.2) is 0 Å². The first-order valence-corrected chi connectivity index (χ1v) is 4.89. The van der Waals surface area contributed by atoms with E-state index in [2.05, 4.69) is 27.9 Å². The molecule has 0 bridgehead atoms. The molecular weight excluding hydrogens is 198 g/mol. The van der Waals surface area contributed by atoms with Crippen molar-refractivity contribution in [3.05, 3.63) is 58.5 Å². The van der Waals surface area contributed by atoms with E-state index in [1.165, 1.54) is 5.39 Å². The van der Waals surface area contributed by atoms with E-state index in [4.69, 9.17) is 5.53 Å². The van der Waals surface area contributed by atoms with Gasteiger partial charge in [-0.3, -0.25) is 0 Å². The maximum absolute atomic E-state index is 8.10. The summed E-state index contributed by atoms with van der Waals surface area (Å²) >= 11 is 0. The Hall–Kier alpha value is -2.43. The Morgan fingerprint density at radius 1 is 1.12 bits per heavy atom. The third-order valence-corrected chi connectivity index (χ3v) is 2.20. The zero-order chi connectivity index (χ0) is 11.2. The average molecular weight is 207 g/mol. The third-order valence-electron chi connectivity index (χ3n) is 2.20. The highest BCUT2D eigenvalue weighted by Gasteiger charge is 1.92. The van der Waals surface area contributed by atoms with Crippen molar-refractivity contribution < 1.29 is 0 Å². The quantitative estimate of drug-likeness (QED) is 0.297. The molecule has 0 aliphatic heterocycles. The smallest absolute Gasteiger partial charge is 0.0880 e. The van der Waals surface area contributed by atoms with Crippen molar-refractivity contribution in [3.8, 4) is 11.8 Å². The van der Waals surface area contributed by atoms with Gasteiger partial charge in [-0.15, -0.1) is 0 Å². The van der Waals surface area contributed by atoms with Gasteiger partial charge < -0.3 is 0 Å². The van der Waals surface area contributed by atoms with Crippen LogP contribution in [0.4, 0.5) is 0 Å². The van der Waals surface area contributed by atoms with Gasteiger partial charge >= 0.3 is 0 Å². The summed E-state index contributed by atoms with van der Waals surface area (Å²) in [5.74, 6) is 5.75. The molecule has 16 heavy (non-hydrogen) atoms. The molecular formula is C13H9N3. The van der Waals surface area contributed by atoms with Gasteiger partial charge in [-0.2, -0.15) is 0 Å². The van der Waals surface area contributed by atoms with Crippen LogP contribution in [-0.4, -0.2) is 6.54 Å². The van der Waals surface area contributed by atoms with Crippen LogP contribution < -0.4 is 0 Å². The van der Waals surface area contributed by atoms with E-state index in [-0.39, 0.29) is 6.54 Å². The van der Waals surface area contributed by atoms with Crippen LogP contribution in [0.3, 0.4) is 0 Å². The summed E-state index contributed by atoms with van der Waals surface area (Å²) in [5.41, 5.74) is 9.03. The molecule has 0 aromatic heterocycles. The standard InChI is InChI=1S/C13H9N3/c14-16-15-9-3-4-11-7-8-12-5-1-2-6-13(12)10-11/h1-2,5-8,10H,9H2. The Morgan fingerprint density at radius 3 is 2.75 bits per heavy atom. The molecule has 0 N–H and O–H groups in total. The second kappa shape index (κ2) is 4.88. The molecule has 0 aliphatic carbocycles. The molecule has 0 saturated heterocycles. The van der Waals surface area contributed by atoms with Gasteiger partial charge in [0.1, 0.15) is 0 Å². The summed E-state index contributed by atoms with van der Waals surface area (Å²) in [5, 5.41) is 5.72. The molecule has 0 heterocycles. The lowest BCUT2D eigenvalue weighted by Gasteiger charge is -1.96. The minimum atomic E-state index is 0.212. The van der Waals surface area contributed by atoms with Crippen LogP contribution in [-0.2, 0) is 0 Å². The molecule has 0 aliphatic rings. The molecule has 2 aromatic carbocycles. The fourth-order valence-electron chi connectivity index (χ4n) is 1.48. The van der Waals surface area contributed by atoms with E-state index < -0.39 is 0 Å². The van der Waals surface area contributed by atoms with Crippen LogP contribution in [0.2, 0.25) is 0 Å². The fourth-order valence-corrected chi connectivity index (χ4v) is 1.48. The predicted octanol–water partition coefficient (Wildman–Crippen LogP) is 3.50. The van der Waals surface area contributed by atoms with Crippen LogP contribution in [0.25, 0.3) is 21.2 Å². The molecule has 0 saturated carbocycles. The topological polar surface area (TPSA) is 48.8 Å². The van der Waals surface area contributed by atoms with Gasteiger partial charge in [-0.25, -0.2) is 0 Å². The Morgan fingerprint density at radius 2 is 1.94 bits per heavy atom. The monoisotopic (exact) mass is 207 g/mol. The highest BCUT2D eigenvalue weighted by molar-refractivity contribution is 5.83. The summed E-state index contributed by atoms with van der Waals surface area (Å²) in [6.07, 6.45) is 0. The molecule has 0 radical (unpaired) electrons. The lowest BCUT2D eigenvalue weighted by Crippen LogP contribution is -1.77. The van der Waals surface area contributed by atoms with Gasteiger partial charge in [-0.1, -0.05) is 47.3 Å². The van der Waals surface area contributed by atoms with Crippen molar-refractivity contribution in [2.24, 2.45) is 5.11 Å². The number of hydrogen-bond acceptors (Lipinski definition) is 1. The van der Waals surface area contributed by atoms with Crippen molar-refractivity contribution >= 4 is 10.8 Å². The van der Waals surface area contributed by atoms with Crippen molar-refractivity contribution in [2.75, 3.05) is 6.54 Å². The Bertz CT molecular complexity index is 614. The van der Waals surface area contributed by atoms with Crippen molar-refractivity contribution in [3.63, 3.8) is 0 Å². The first-order valence-electron chi connectivity index (χ1n) is 4.89. The lowest BCUT2D eigenvalue weighted by molar-refractivity contribution is 1.25. The number of fused-ring (bicyclic) bond motifs is 1. The SMILES string of the molecule is [N-]=[N+]=NCC#Cc1ccc2ccccc2c1. The zero-order valence-corrected chi connectivity index (χ0v) is 8.59. The number of benzene rings is 2. The summed E-state index contributed by atoms with van der Waals surface area (Å²) in [6.45, 7) is 0.212. The molecule has 76 valence electrons. The molecule has 2 rings (SSSR count). The van der Waals surface area contributed by atoms with E-state index in [0.717, 1.165) is 10.9 Å². The van der Waals surface area contributed by atoms with Gasteiger partial charge in [-0.05, 0) is 28.4 Å². The van der Waals surface area contributed by atoms with Crippen molar-refractivity contribution in [1.29, 1.82) is 0 Å². The largest absolute Gasteiger partial charge is 0.0919 e. The Kier molecular flexibility index (Phi) is 3.08. The van der Waals surface area contributed by atoms with Gasteiger partial charge in [0, 0.05) is 10.5 Å². The Labute approximate surface area is 93.3 Å². The van der Waals surface area contributed by atoms with Crippen LogP contribution in [0.15, 0.2) is 47.6 Å². The number of nitrogens with zero attached hydrogens (tertiary/aromatic N) is 3. The second-order valence-electron chi connectivity index (χ2n) is 3.25. The van der Waals surface area contributed by atoms with Crippen LogP contribution in [0.1, 0.15) is 5.56 Å². The highest BCUT2D eigenvalue weighted by Crippen LogP contribution is 2.14. The molecule has 3 heteroatoms. The van der Waals surface area contributed by atoms with E-state index in [0.29, 0.717) is 0 Å². The first-order chi connectivity index (χ1) is 7.90. The predicted molar refractivity (Wildman–Crippen MR) is 64.8 cm³/mol. The highest BCUT2D eigenvalue weighted by atomic mass is 15.1. The molecule has 2 aromatic rings. The molecule has 0 fully saturated rings. The van der Waals surface area contributed by atoms with E-state index in [1.807, 2.05) is 36.4 Å². The summed E-state index contributed by atoms with van der Waals surface area (Å²) in [7, 11) is 0. The van der Waals surface area contributed by atoms with Crippen LogP contribution in [0.5, 0.6) is 0 Å². The van der Waals surface area contributed by atoms with Gasteiger partial charge in [0.05, 0.1) is 6.54 Å². The van der Waals surface area contributed by atoms with E-state index in [9.17, 15) is 0 Å². The minimum absolute atomic E-state index is 0.212.